The first-order valence-electron chi connectivity index (χ1n) is 4.29. The van der Waals surface area contributed by atoms with Gasteiger partial charge in [-0.2, -0.15) is 0 Å². The van der Waals surface area contributed by atoms with Gasteiger partial charge in [0, 0.05) is 15.5 Å². The molecule has 15 heavy (non-hydrogen) atoms. The van der Waals surface area contributed by atoms with Crippen molar-refractivity contribution in [3.8, 4) is 0 Å². The Hall–Kier alpha value is -1.07. The molecule has 0 aliphatic heterocycles. The lowest BCUT2D eigenvalue weighted by atomic mass is 10.4. The zero-order chi connectivity index (χ0) is 10.8. The minimum absolute atomic E-state index is 0.315. The van der Waals surface area contributed by atoms with Gasteiger partial charge in [0.15, 0.2) is 0 Å². The number of aromatic nitrogens is 1. The molecular formula is C10H8BrNO2S. The zero-order valence-corrected chi connectivity index (χ0v) is 10.1. The predicted octanol–water partition coefficient (Wildman–Crippen LogP) is 3.06. The van der Waals surface area contributed by atoms with E-state index >= 15 is 0 Å². The summed E-state index contributed by atoms with van der Waals surface area (Å²) in [5, 5.41) is 10.9. The quantitative estimate of drug-likeness (QED) is 0.942. The van der Waals surface area contributed by atoms with Crippen LogP contribution in [0.4, 0.5) is 0 Å². The normalized spacial score (nSPS) is 10.5. The molecule has 0 atom stereocenters. The Morgan fingerprint density at radius 2 is 2.33 bits per heavy atom. The van der Waals surface area contributed by atoms with Crippen molar-refractivity contribution in [3.63, 3.8) is 0 Å². The summed E-state index contributed by atoms with van der Waals surface area (Å²) in [7, 11) is 0. The summed E-state index contributed by atoms with van der Waals surface area (Å²) in [6, 6.07) is 5.30. The molecule has 0 saturated heterocycles. The van der Waals surface area contributed by atoms with Gasteiger partial charge in [0.05, 0.1) is 6.54 Å². The molecule has 5 heteroatoms. The van der Waals surface area contributed by atoms with Crippen molar-refractivity contribution in [1.82, 2.24) is 4.57 Å². The Balaban J connectivity index is 2.28. The molecule has 2 rings (SSSR count). The second kappa shape index (κ2) is 4.20. The van der Waals surface area contributed by atoms with E-state index in [1.54, 1.807) is 34.2 Å². The standard InChI is InChI=1S/C10H8BrNO2S/c11-7-3-5-15-9(7)6-12-4-1-2-8(12)10(13)14/h1-5H,6H2,(H,13,14). The van der Waals surface area contributed by atoms with E-state index in [0.29, 0.717) is 12.2 Å². The fourth-order valence-electron chi connectivity index (χ4n) is 1.34. The van der Waals surface area contributed by atoms with Crippen molar-refractivity contribution in [2.45, 2.75) is 6.54 Å². The maximum Gasteiger partial charge on any atom is 0.352 e. The minimum Gasteiger partial charge on any atom is -0.477 e. The third-order valence-corrected chi connectivity index (χ3v) is 3.96. The van der Waals surface area contributed by atoms with Gasteiger partial charge in [-0.3, -0.25) is 0 Å². The van der Waals surface area contributed by atoms with Crippen molar-refractivity contribution >= 4 is 33.2 Å². The highest BCUT2D eigenvalue weighted by Crippen LogP contribution is 2.24. The van der Waals surface area contributed by atoms with E-state index in [2.05, 4.69) is 15.9 Å². The summed E-state index contributed by atoms with van der Waals surface area (Å²) in [5.74, 6) is -0.896. The summed E-state index contributed by atoms with van der Waals surface area (Å²) < 4.78 is 2.75. The van der Waals surface area contributed by atoms with Gasteiger partial charge in [-0.25, -0.2) is 4.79 Å². The molecule has 2 aromatic heterocycles. The molecule has 3 nitrogen and oxygen atoms in total. The lowest BCUT2D eigenvalue weighted by molar-refractivity contribution is 0.0686. The number of thiophene rings is 1. The lowest BCUT2D eigenvalue weighted by Crippen LogP contribution is -2.07. The van der Waals surface area contributed by atoms with Gasteiger partial charge in [-0.1, -0.05) is 0 Å². The number of carboxylic acids is 1. The van der Waals surface area contributed by atoms with Crippen LogP contribution in [0.1, 0.15) is 15.4 Å². The molecule has 0 radical (unpaired) electrons. The van der Waals surface area contributed by atoms with E-state index in [4.69, 9.17) is 5.11 Å². The van der Waals surface area contributed by atoms with E-state index < -0.39 is 5.97 Å². The lowest BCUT2D eigenvalue weighted by Gasteiger charge is -2.04. The first kappa shape index (κ1) is 10.4. The van der Waals surface area contributed by atoms with Crippen LogP contribution in [0.2, 0.25) is 0 Å². The van der Waals surface area contributed by atoms with Crippen LogP contribution in [-0.4, -0.2) is 15.6 Å². The summed E-state index contributed by atoms with van der Waals surface area (Å²) in [5.41, 5.74) is 0.315. The molecule has 0 aliphatic carbocycles. The Kier molecular flexibility index (Phi) is 2.93. The van der Waals surface area contributed by atoms with Crippen molar-refractivity contribution in [2.24, 2.45) is 0 Å². The number of nitrogens with zero attached hydrogens (tertiary/aromatic N) is 1. The molecule has 0 aromatic carbocycles. The fraction of sp³-hybridized carbons (Fsp3) is 0.100. The first-order chi connectivity index (χ1) is 7.18. The predicted molar refractivity (Wildman–Crippen MR) is 62.5 cm³/mol. The SMILES string of the molecule is O=C(O)c1cccn1Cc1sccc1Br. The highest BCUT2D eigenvalue weighted by atomic mass is 79.9. The van der Waals surface area contributed by atoms with Gasteiger partial charge >= 0.3 is 5.97 Å². The third-order valence-electron chi connectivity index (χ3n) is 2.05. The first-order valence-corrected chi connectivity index (χ1v) is 5.96. The van der Waals surface area contributed by atoms with Gasteiger partial charge < -0.3 is 9.67 Å². The Morgan fingerprint density at radius 1 is 1.53 bits per heavy atom. The number of carboxylic acid groups (broad SMARTS) is 1. The van der Waals surface area contributed by atoms with Gasteiger partial charge in [0.2, 0.25) is 0 Å². The van der Waals surface area contributed by atoms with Crippen LogP contribution in [0.5, 0.6) is 0 Å². The molecule has 0 amide bonds. The van der Waals surface area contributed by atoms with Crippen LogP contribution < -0.4 is 0 Å². The van der Waals surface area contributed by atoms with E-state index in [1.807, 2.05) is 11.4 Å². The molecule has 0 saturated carbocycles. The van der Waals surface area contributed by atoms with Crippen LogP contribution in [0, 0.1) is 0 Å². The molecule has 0 aliphatic rings. The largest absolute Gasteiger partial charge is 0.477 e. The zero-order valence-electron chi connectivity index (χ0n) is 7.68. The van der Waals surface area contributed by atoms with E-state index in [9.17, 15) is 4.79 Å². The second-order valence-electron chi connectivity index (χ2n) is 3.02. The number of carbonyl (C=O) groups is 1. The maximum absolute atomic E-state index is 10.9. The van der Waals surface area contributed by atoms with Crippen LogP contribution in [0.15, 0.2) is 34.2 Å². The number of hydrogen-bond donors (Lipinski definition) is 1. The van der Waals surface area contributed by atoms with E-state index in [-0.39, 0.29) is 0 Å². The summed E-state index contributed by atoms with van der Waals surface area (Å²) in [4.78, 5) is 12.0. The smallest absolute Gasteiger partial charge is 0.352 e. The molecule has 1 N–H and O–H groups in total. The average molecular weight is 286 g/mol. The fourth-order valence-corrected chi connectivity index (χ4v) is 2.81. The summed E-state index contributed by atoms with van der Waals surface area (Å²) >= 11 is 5.03. The van der Waals surface area contributed by atoms with Crippen molar-refractivity contribution in [3.05, 3.63) is 44.8 Å². The Bertz CT molecular complexity index is 489. The maximum atomic E-state index is 10.9. The van der Waals surface area contributed by atoms with Gasteiger partial charge in [-0.05, 0) is 39.5 Å². The molecule has 78 valence electrons. The third kappa shape index (κ3) is 2.13. The van der Waals surface area contributed by atoms with Gasteiger partial charge in [-0.15, -0.1) is 11.3 Å². The van der Waals surface area contributed by atoms with Crippen molar-refractivity contribution in [2.75, 3.05) is 0 Å². The number of hydrogen-bond acceptors (Lipinski definition) is 2. The molecule has 2 aromatic rings. The minimum atomic E-state index is -0.896. The van der Waals surface area contributed by atoms with Crippen LogP contribution in [-0.2, 0) is 6.54 Å². The monoisotopic (exact) mass is 285 g/mol. The van der Waals surface area contributed by atoms with Crippen LogP contribution in [0.25, 0.3) is 0 Å². The van der Waals surface area contributed by atoms with E-state index in [0.717, 1.165) is 9.35 Å². The topological polar surface area (TPSA) is 42.2 Å². The molecule has 0 spiro atoms. The van der Waals surface area contributed by atoms with E-state index in [1.165, 1.54) is 0 Å². The number of rotatable bonds is 3. The molecule has 0 bridgehead atoms. The number of aromatic carboxylic acids is 1. The molecule has 0 unspecified atom stereocenters. The molecule has 0 fully saturated rings. The Labute approximate surface area is 99.1 Å². The highest BCUT2D eigenvalue weighted by Gasteiger charge is 2.10. The second-order valence-corrected chi connectivity index (χ2v) is 4.87. The molecule has 2 heterocycles. The van der Waals surface area contributed by atoms with Crippen molar-refractivity contribution < 1.29 is 9.90 Å². The summed E-state index contributed by atoms with van der Waals surface area (Å²) in [6.07, 6.45) is 1.77. The van der Waals surface area contributed by atoms with Crippen LogP contribution in [0.3, 0.4) is 0 Å². The average Bonchev–Trinajstić information content (AvgIpc) is 2.77. The Morgan fingerprint density at radius 3 is 2.93 bits per heavy atom. The molecular weight excluding hydrogens is 278 g/mol. The van der Waals surface area contributed by atoms with Gasteiger partial charge in [0.25, 0.3) is 0 Å². The summed E-state index contributed by atoms with van der Waals surface area (Å²) in [6.45, 7) is 0.590. The highest BCUT2D eigenvalue weighted by molar-refractivity contribution is 9.10. The van der Waals surface area contributed by atoms with Crippen molar-refractivity contribution in [1.29, 1.82) is 0 Å². The number of halogens is 1. The van der Waals surface area contributed by atoms with Crippen LogP contribution >= 0.6 is 27.3 Å². The van der Waals surface area contributed by atoms with Gasteiger partial charge in [0.1, 0.15) is 5.69 Å².